The predicted molar refractivity (Wildman–Crippen MR) is 109 cm³/mol. The Bertz CT molecular complexity index is 1360. The number of carbonyl (C=O) groups excluding carboxylic acids is 1. The topological polar surface area (TPSA) is 96.7 Å². The van der Waals surface area contributed by atoms with E-state index in [0.717, 1.165) is 16.6 Å². The minimum Gasteiger partial charge on any atom is -0.494 e. The highest BCUT2D eigenvalue weighted by atomic mass is 19.4. The lowest BCUT2D eigenvalue weighted by molar-refractivity contribution is -0.137. The minimum atomic E-state index is -4.51. The molecule has 0 saturated heterocycles. The standard InChI is InChI=1S/C22H16F3N3O4/c1-2-32-21(31)16-19(29)26-18-15(12-8-10-14(11-9-12)22(23,24)25)17(27-28(18)20(16)30)13-6-4-3-5-7-13/h3-11,26,29H,2H2,1H3. The lowest BCUT2D eigenvalue weighted by atomic mass is 10.00. The van der Waals surface area contributed by atoms with Gasteiger partial charge >= 0.3 is 12.1 Å². The number of esters is 1. The average molecular weight is 443 g/mol. The molecular weight excluding hydrogens is 427 g/mol. The first kappa shape index (κ1) is 21.2. The second-order valence-electron chi connectivity index (χ2n) is 6.80. The van der Waals surface area contributed by atoms with Crippen molar-refractivity contribution in [1.82, 2.24) is 14.6 Å². The molecule has 0 saturated carbocycles. The summed E-state index contributed by atoms with van der Waals surface area (Å²) < 4.78 is 44.7. The Morgan fingerprint density at radius 1 is 1.09 bits per heavy atom. The van der Waals surface area contributed by atoms with Gasteiger partial charge in [-0.25, -0.2) is 4.79 Å². The monoisotopic (exact) mass is 443 g/mol. The van der Waals surface area contributed by atoms with Crippen LogP contribution >= 0.6 is 0 Å². The van der Waals surface area contributed by atoms with Gasteiger partial charge in [0.2, 0.25) is 5.88 Å². The van der Waals surface area contributed by atoms with Gasteiger partial charge in [-0.3, -0.25) is 4.79 Å². The van der Waals surface area contributed by atoms with Gasteiger partial charge in [-0.15, -0.1) is 0 Å². The Morgan fingerprint density at radius 2 is 1.75 bits per heavy atom. The van der Waals surface area contributed by atoms with Gasteiger partial charge in [0.05, 0.1) is 17.7 Å². The number of aromatic nitrogens is 3. The summed E-state index contributed by atoms with van der Waals surface area (Å²) in [6.45, 7) is 1.53. The number of ether oxygens (including phenoxy) is 1. The van der Waals surface area contributed by atoms with E-state index in [1.54, 1.807) is 37.3 Å². The first-order chi connectivity index (χ1) is 15.2. The fraction of sp³-hybridized carbons (Fsp3) is 0.136. The van der Waals surface area contributed by atoms with E-state index in [-0.39, 0.29) is 23.5 Å². The Hall–Kier alpha value is -4.08. The minimum absolute atomic E-state index is 0.0130. The number of nitrogens with one attached hydrogen (secondary N) is 1. The number of halogens is 3. The zero-order valence-corrected chi connectivity index (χ0v) is 16.6. The fourth-order valence-electron chi connectivity index (χ4n) is 3.35. The van der Waals surface area contributed by atoms with Crippen LogP contribution in [0.15, 0.2) is 59.4 Å². The zero-order valence-electron chi connectivity index (χ0n) is 16.6. The van der Waals surface area contributed by atoms with Crippen molar-refractivity contribution in [3.8, 4) is 28.3 Å². The Balaban J connectivity index is 2.02. The van der Waals surface area contributed by atoms with Gasteiger partial charge in [-0.2, -0.15) is 22.8 Å². The normalized spacial score (nSPS) is 11.6. The van der Waals surface area contributed by atoms with Crippen molar-refractivity contribution in [2.24, 2.45) is 0 Å². The maximum absolute atomic E-state index is 13.0. The van der Waals surface area contributed by atoms with Crippen LogP contribution in [0.4, 0.5) is 13.2 Å². The van der Waals surface area contributed by atoms with Crippen LogP contribution in [0.2, 0.25) is 0 Å². The molecule has 0 unspecified atom stereocenters. The van der Waals surface area contributed by atoms with Crippen LogP contribution in [-0.2, 0) is 10.9 Å². The summed E-state index contributed by atoms with van der Waals surface area (Å²) in [7, 11) is 0. The van der Waals surface area contributed by atoms with E-state index >= 15 is 0 Å². The van der Waals surface area contributed by atoms with Crippen molar-refractivity contribution >= 4 is 11.6 Å². The quantitative estimate of drug-likeness (QED) is 0.460. The number of benzene rings is 2. The SMILES string of the molecule is CCOC(=O)c1c(O)[nH]c2c(-c3ccc(C(F)(F)F)cc3)c(-c3ccccc3)nn2c1=O. The molecule has 2 aromatic heterocycles. The molecule has 0 spiro atoms. The van der Waals surface area contributed by atoms with E-state index in [1.165, 1.54) is 12.1 Å². The van der Waals surface area contributed by atoms with Crippen LogP contribution in [0.1, 0.15) is 22.8 Å². The van der Waals surface area contributed by atoms with Crippen molar-refractivity contribution in [3.63, 3.8) is 0 Å². The van der Waals surface area contributed by atoms with Crippen molar-refractivity contribution in [2.45, 2.75) is 13.1 Å². The highest BCUT2D eigenvalue weighted by molar-refractivity contribution is 5.94. The maximum atomic E-state index is 13.0. The largest absolute Gasteiger partial charge is 0.494 e. The number of rotatable bonds is 4. The van der Waals surface area contributed by atoms with Crippen molar-refractivity contribution < 1.29 is 27.8 Å². The third-order valence-electron chi connectivity index (χ3n) is 4.79. The molecule has 4 aromatic rings. The number of H-pyrrole nitrogens is 1. The molecule has 32 heavy (non-hydrogen) atoms. The van der Waals surface area contributed by atoms with Gasteiger partial charge in [-0.1, -0.05) is 42.5 Å². The van der Waals surface area contributed by atoms with Crippen LogP contribution in [0.3, 0.4) is 0 Å². The third-order valence-corrected chi connectivity index (χ3v) is 4.79. The maximum Gasteiger partial charge on any atom is 0.416 e. The van der Waals surface area contributed by atoms with Crippen molar-refractivity contribution in [1.29, 1.82) is 0 Å². The molecule has 2 aromatic carbocycles. The van der Waals surface area contributed by atoms with Crippen LogP contribution in [0, 0.1) is 0 Å². The Kier molecular flexibility index (Phi) is 5.21. The highest BCUT2D eigenvalue weighted by Gasteiger charge is 2.31. The molecule has 0 amide bonds. The smallest absolute Gasteiger partial charge is 0.416 e. The lowest BCUT2D eigenvalue weighted by Gasteiger charge is -2.09. The number of aromatic hydroxyl groups is 1. The summed E-state index contributed by atoms with van der Waals surface area (Å²) in [6.07, 6.45) is -4.51. The number of aromatic amines is 1. The van der Waals surface area contributed by atoms with Crippen LogP contribution < -0.4 is 5.56 Å². The van der Waals surface area contributed by atoms with E-state index in [0.29, 0.717) is 11.1 Å². The first-order valence-corrected chi connectivity index (χ1v) is 9.50. The summed E-state index contributed by atoms with van der Waals surface area (Å²) in [6, 6.07) is 13.0. The van der Waals surface area contributed by atoms with Gasteiger partial charge < -0.3 is 14.8 Å². The molecule has 2 N–H and O–H groups in total. The van der Waals surface area contributed by atoms with E-state index in [9.17, 15) is 27.9 Å². The molecular formula is C22H16F3N3O4. The Morgan fingerprint density at radius 3 is 2.34 bits per heavy atom. The number of alkyl halides is 3. The lowest BCUT2D eigenvalue weighted by Crippen LogP contribution is -2.25. The van der Waals surface area contributed by atoms with E-state index < -0.39 is 34.7 Å². The zero-order chi connectivity index (χ0) is 23.0. The molecule has 2 heterocycles. The molecule has 7 nitrogen and oxygen atoms in total. The third kappa shape index (κ3) is 3.59. The van der Waals surface area contributed by atoms with Crippen LogP contribution in [0.5, 0.6) is 5.88 Å². The molecule has 10 heteroatoms. The van der Waals surface area contributed by atoms with Gasteiger partial charge in [0.15, 0.2) is 5.56 Å². The predicted octanol–water partition coefficient (Wildman–Crippen LogP) is 4.26. The second-order valence-corrected chi connectivity index (χ2v) is 6.80. The van der Waals surface area contributed by atoms with Gasteiger partial charge in [0.25, 0.3) is 5.56 Å². The van der Waals surface area contributed by atoms with Crippen molar-refractivity contribution in [2.75, 3.05) is 6.61 Å². The summed E-state index contributed by atoms with van der Waals surface area (Å²) in [5.74, 6) is -1.75. The summed E-state index contributed by atoms with van der Waals surface area (Å²) in [5, 5.41) is 14.6. The van der Waals surface area contributed by atoms with Gasteiger partial charge in [0.1, 0.15) is 11.3 Å². The molecule has 0 atom stereocenters. The molecule has 0 fully saturated rings. The fourth-order valence-corrected chi connectivity index (χ4v) is 3.35. The number of nitrogens with zero attached hydrogens (tertiary/aromatic N) is 2. The summed E-state index contributed by atoms with van der Waals surface area (Å²) >= 11 is 0. The summed E-state index contributed by atoms with van der Waals surface area (Å²) in [5.41, 5.74) is -0.904. The molecule has 0 radical (unpaired) electrons. The van der Waals surface area contributed by atoms with Crippen LogP contribution in [-0.4, -0.2) is 32.3 Å². The second kappa shape index (κ2) is 7.88. The summed E-state index contributed by atoms with van der Waals surface area (Å²) in [4.78, 5) is 27.7. The highest BCUT2D eigenvalue weighted by Crippen LogP contribution is 2.37. The molecule has 0 bridgehead atoms. The molecule has 4 rings (SSSR count). The van der Waals surface area contributed by atoms with Crippen molar-refractivity contribution in [3.05, 3.63) is 76.1 Å². The van der Waals surface area contributed by atoms with Gasteiger partial charge in [-0.05, 0) is 24.6 Å². The number of carbonyl (C=O) groups is 1. The van der Waals surface area contributed by atoms with E-state index in [4.69, 9.17) is 4.74 Å². The number of hydrogen-bond donors (Lipinski definition) is 2. The molecule has 0 aliphatic heterocycles. The average Bonchev–Trinajstić information content (AvgIpc) is 3.13. The molecule has 0 aliphatic carbocycles. The number of hydrogen-bond acceptors (Lipinski definition) is 5. The van der Waals surface area contributed by atoms with Gasteiger partial charge in [0, 0.05) is 5.56 Å². The van der Waals surface area contributed by atoms with E-state index in [2.05, 4.69) is 10.1 Å². The van der Waals surface area contributed by atoms with E-state index in [1.807, 2.05) is 0 Å². The number of fused-ring (bicyclic) bond motifs is 1. The first-order valence-electron chi connectivity index (χ1n) is 9.50. The Labute approximate surface area is 178 Å². The molecule has 164 valence electrons. The van der Waals surface area contributed by atoms with Crippen LogP contribution in [0.25, 0.3) is 28.0 Å². The molecule has 0 aliphatic rings.